The first-order valence-corrected chi connectivity index (χ1v) is 6.91. The van der Waals surface area contributed by atoms with Gasteiger partial charge in [0.15, 0.2) is 0 Å². The summed E-state index contributed by atoms with van der Waals surface area (Å²) in [6.07, 6.45) is 0.652. The van der Waals surface area contributed by atoms with Gasteiger partial charge in [-0.15, -0.1) is 0 Å². The van der Waals surface area contributed by atoms with Gasteiger partial charge in [-0.25, -0.2) is 0 Å². The van der Waals surface area contributed by atoms with E-state index in [4.69, 9.17) is 22.4 Å². The Bertz CT molecular complexity index is 453. The predicted molar refractivity (Wildman–Crippen MR) is 77.0 cm³/mol. The minimum Gasteiger partial charge on any atom is -0.481 e. The van der Waals surface area contributed by atoms with E-state index in [9.17, 15) is 4.79 Å². The molecule has 3 nitrogen and oxygen atoms in total. The molecule has 0 amide bonds. The third kappa shape index (κ3) is 3.25. The molecule has 0 aromatic heterocycles. The molecule has 18 heavy (non-hydrogen) atoms. The number of carboxylic acid groups (broad SMARTS) is 1. The number of halogens is 2. The van der Waals surface area contributed by atoms with E-state index in [0.29, 0.717) is 11.4 Å². The molecule has 0 aliphatic heterocycles. The van der Waals surface area contributed by atoms with E-state index < -0.39 is 11.4 Å². The van der Waals surface area contributed by atoms with E-state index in [1.54, 1.807) is 6.07 Å². The second kappa shape index (κ2) is 6.04. The van der Waals surface area contributed by atoms with Crippen LogP contribution in [0.2, 0.25) is 5.02 Å². The molecule has 0 radical (unpaired) electrons. The monoisotopic (exact) mass is 333 g/mol. The van der Waals surface area contributed by atoms with Crippen molar-refractivity contribution in [2.75, 3.05) is 0 Å². The molecule has 0 saturated heterocycles. The van der Waals surface area contributed by atoms with Crippen molar-refractivity contribution in [2.45, 2.75) is 38.1 Å². The van der Waals surface area contributed by atoms with E-state index in [1.807, 2.05) is 26.0 Å². The van der Waals surface area contributed by atoms with Gasteiger partial charge in [0.2, 0.25) is 0 Å². The summed E-state index contributed by atoms with van der Waals surface area (Å²) in [4.78, 5) is 11.1. The minimum absolute atomic E-state index is 0.0383. The van der Waals surface area contributed by atoms with Crippen LogP contribution in [0.15, 0.2) is 22.7 Å². The van der Waals surface area contributed by atoms with Crippen LogP contribution in [0.3, 0.4) is 0 Å². The molecule has 1 aromatic rings. The molecular formula is C13H17BrClNO2. The maximum absolute atomic E-state index is 11.1. The normalized spacial score (nSPS) is 16.1. The standard InChI is InChI=1S/C13H17BrClNO2/c1-3-11(16)13(2,7-12(17)18)9-5-4-8(14)6-10(9)15/h4-6,11H,3,7,16H2,1-2H3,(H,17,18). The van der Waals surface area contributed by atoms with Crippen molar-refractivity contribution in [3.05, 3.63) is 33.3 Å². The molecule has 2 unspecified atom stereocenters. The van der Waals surface area contributed by atoms with Gasteiger partial charge in [-0.3, -0.25) is 4.79 Å². The number of hydrogen-bond donors (Lipinski definition) is 2. The molecule has 5 heteroatoms. The summed E-state index contributed by atoms with van der Waals surface area (Å²) in [6, 6.07) is 5.20. The van der Waals surface area contributed by atoms with Gasteiger partial charge in [0.25, 0.3) is 0 Å². The summed E-state index contributed by atoms with van der Waals surface area (Å²) < 4.78 is 0.860. The highest BCUT2D eigenvalue weighted by Crippen LogP contribution is 2.37. The second-order valence-electron chi connectivity index (χ2n) is 4.63. The fourth-order valence-corrected chi connectivity index (χ4v) is 3.03. The van der Waals surface area contributed by atoms with Crippen molar-refractivity contribution < 1.29 is 9.90 Å². The lowest BCUT2D eigenvalue weighted by Gasteiger charge is -2.35. The van der Waals surface area contributed by atoms with Gasteiger partial charge in [-0.05, 0) is 24.1 Å². The molecule has 0 spiro atoms. The van der Waals surface area contributed by atoms with Gasteiger partial charge in [0.05, 0.1) is 6.42 Å². The zero-order chi connectivity index (χ0) is 13.9. The Kier molecular flexibility index (Phi) is 5.20. The number of rotatable bonds is 5. The first-order chi connectivity index (χ1) is 8.31. The molecule has 0 aliphatic carbocycles. The first kappa shape index (κ1) is 15.5. The van der Waals surface area contributed by atoms with Crippen molar-refractivity contribution in [1.29, 1.82) is 0 Å². The third-order valence-electron chi connectivity index (χ3n) is 3.32. The van der Waals surface area contributed by atoms with Crippen LogP contribution < -0.4 is 5.73 Å². The highest BCUT2D eigenvalue weighted by atomic mass is 79.9. The Hall–Kier alpha value is -0.580. The average molecular weight is 335 g/mol. The van der Waals surface area contributed by atoms with Gasteiger partial charge in [0, 0.05) is 21.0 Å². The van der Waals surface area contributed by atoms with Crippen LogP contribution in [0.25, 0.3) is 0 Å². The predicted octanol–water partition coefficient (Wildman–Crippen LogP) is 3.57. The fourth-order valence-electron chi connectivity index (χ4n) is 2.14. The van der Waals surface area contributed by atoms with Gasteiger partial charge in [-0.2, -0.15) is 0 Å². The number of benzene rings is 1. The number of carbonyl (C=O) groups is 1. The molecule has 2 atom stereocenters. The quantitative estimate of drug-likeness (QED) is 0.865. The van der Waals surface area contributed by atoms with Crippen molar-refractivity contribution in [3.63, 3.8) is 0 Å². The molecule has 0 heterocycles. The van der Waals surface area contributed by atoms with E-state index in [-0.39, 0.29) is 12.5 Å². The van der Waals surface area contributed by atoms with Gasteiger partial charge >= 0.3 is 5.97 Å². The van der Waals surface area contributed by atoms with Crippen LogP contribution >= 0.6 is 27.5 Å². The Morgan fingerprint density at radius 3 is 2.67 bits per heavy atom. The third-order valence-corrected chi connectivity index (χ3v) is 4.13. The summed E-state index contributed by atoms with van der Waals surface area (Å²) in [7, 11) is 0. The second-order valence-corrected chi connectivity index (χ2v) is 5.95. The van der Waals surface area contributed by atoms with Gasteiger partial charge in [0.1, 0.15) is 0 Å². The van der Waals surface area contributed by atoms with Gasteiger partial charge < -0.3 is 10.8 Å². The van der Waals surface area contributed by atoms with Crippen LogP contribution in [-0.4, -0.2) is 17.1 Å². The van der Waals surface area contributed by atoms with Crippen LogP contribution in [-0.2, 0) is 10.2 Å². The lowest BCUT2D eigenvalue weighted by Crippen LogP contribution is -2.44. The molecule has 0 bridgehead atoms. The molecule has 0 saturated carbocycles. The molecule has 1 aromatic carbocycles. The number of carboxylic acids is 1. The number of nitrogens with two attached hydrogens (primary N) is 1. The minimum atomic E-state index is -0.875. The summed E-state index contributed by atoms with van der Waals surface area (Å²) in [6.45, 7) is 3.79. The maximum atomic E-state index is 11.1. The molecule has 3 N–H and O–H groups in total. The molecular weight excluding hydrogens is 318 g/mol. The van der Waals surface area contributed by atoms with E-state index in [2.05, 4.69) is 15.9 Å². The van der Waals surface area contributed by atoms with E-state index in [0.717, 1.165) is 10.0 Å². The maximum Gasteiger partial charge on any atom is 0.304 e. The van der Waals surface area contributed by atoms with E-state index >= 15 is 0 Å². The highest BCUT2D eigenvalue weighted by molar-refractivity contribution is 9.10. The number of hydrogen-bond acceptors (Lipinski definition) is 2. The van der Waals surface area contributed by atoms with Crippen LogP contribution in [0, 0.1) is 0 Å². The van der Waals surface area contributed by atoms with Crippen LogP contribution in [0.5, 0.6) is 0 Å². The summed E-state index contributed by atoms with van der Waals surface area (Å²) >= 11 is 9.56. The largest absolute Gasteiger partial charge is 0.481 e. The zero-order valence-electron chi connectivity index (χ0n) is 10.4. The van der Waals surface area contributed by atoms with Crippen LogP contribution in [0.4, 0.5) is 0 Å². The fraction of sp³-hybridized carbons (Fsp3) is 0.462. The smallest absolute Gasteiger partial charge is 0.304 e. The summed E-state index contributed by atoms with van der Waals surface area (Å²) in [5.74, 6) is -0.875. The topological polar surface area (TPSA) is 63.3 Å². The van der Waals surface area contributed by atoms with Gasteiger partial charge in [-0.1, -0.05) is 47.4 Å². The zero-order valence-corrected chi connectivity index (χ0v) is 12.8. The lowest BCUT2D eigenvalue weighted by molar-refractivity contribution is -0.138. The molecule has 0 fully saturated rings. The lowest BCUT2D eigenvalue weighted by atomic mass is 9.72. The Morgan fingerprint density at radius 2 is 2.22 bits per heavy atom. The molecule has 0 aliphatic rings. The Balaban J connectivity index is 3.29. The van der Waals surface area contributed by atoms with Crippen molar-refractivity contribution in [2.24, 2.45) is 5.73 Å². The first-order valence-electron chi connectivity index (χ1n) is 5.74. The van der Waals surface area contributed by atoms with E-state index in [1.165, 1.54) is 0 Å². The average Bonchev–Trinajstić information content (AvgIpc) is 2.26. The summed E-state index contributed by atoms with van der Waals surface area (Å²) in [5.41, 5.74) is 6.22. The molecule has 1 rings (SSSR count). The Morgan fingerprint density at radius 1 is 1.61 bits per heavy atom. The molecule has 100 valence electrons. The van der Waals surface area contributed by atoms with Crippen molar-refractivity contribution >= 4 is 33.5 Å². The number of aliphatic carboxylic acids is 1. The summed E-state index contributed by atoms with van der Waals surface area (Å²) in [5, 5.41) is 9.63. The van der Waals surface area contributed by atoms with Crippen LogP contribution in [0.1, 0.15) is 32.3 Å². The Labute approximate surface area is 120 Å². The SMILES string of the molecule is CCC(N)C(C)(CC(=O)O)c1ccc(Br)cc1Cl. The highest BCUT2D eigenvalue weighted by Gasteiger charge is 2.36. The van der Waals surface area contributed by atoms with Crippen molar-refractivity contribution in [1.82, 2.24) is 0 Å². The van der Waals surface area contributed by atoms with Crippen molar-refractivity contribution in [3.8, 4) is 0 Å².